The molecule has 0 fully saturated rings. The summed E-state index contributed by atoms with van der Waals surface area (Å²) < 4.78 is 29.2. The van der Waals surface area contributed by atoms with Crippen LogP contribution in [0, 0.1) is 12.5 Å². The Morgan fingerprint density at radius 3 is 2.50 bits per heavy atom. The third-order valence-electron chi connectivity index (χ3n) is 1.02. The molecule has 1 aliphatic rings. The van der Waals surface area contributed by atoms with Gasteiger partial charge in [-0.25, -0.2) is 0 Å². The van der Waals surface area contributed by atoms with Gasteiger partial charge in [-0.05, 0) is 6.08 Å². The third kappa shape index (κ3) is 1.68. The Balaban J connectivity index is 2.79. The molecule has 0 aliphatic heterocycles. The van der Waals surface area contributed by atoms with Gasteiger partial charge in [0.25, 0.3) is 10.1 Å². The number of allylic oxidation sites excluding steroid dienone is 3. The van der Waals surface area contributed by atoms with Gasteiger partial charge in [-0.15, -0.1) is 0 Å². The van der Waals surface area contributed by atoms with E-state index < -0.39 is 15.4 Å². The monoisotopic (exact) mass is 157 g/mol. The van der Waals surface area contributed by atoms with Gasteiger partial charge < -0.3 is 0 Å². The van der Waals surface area contributed by atoms with Crippen molar-refractivity contribution in [3.8, 4) is 0 Å². The van der Waals surface area contributed by atoms with Crippen LogP contribution in [0.3, 0.4) is 0 Å². The highest BCUT2D eigenvalue weighted by atomic mass is 32.2. The summed E-state index contributed by atoms with van der Waals surface area (Å²) in [6, 6.07) is 0. The zero-order valence-electron chi connectivity index (χ0n) is 4.98. The maximum atomic E-state index is 10.4. The van der Waals surface area contributed by atoms with Gasteiger partial charge in [0.2, 0.25) is 0 Å². The van der Waals surface area contributed by atoms with Gasteiger partial charge in [-0.1, -0.05) is 18.2 Å². The average Bonchev–Trinajstić information content (AvgIpc) is 1.88. The Bertz CT molecular complexity index is 261. The summed E-state index contributed by atoms with van der Waals surface area (Å²) in [6.45, 7) is 0. The van der Waals surface area contributed by atoms with Crippen molar-refractivity contribution in [1.82, 2.24) is 0 Å². The van der Waals surface area contributed by atoms with E-state index >= 15 is 0 Å². The summed E-state index contributed by atoms with van der Waals surface area (Å²) in [5.74, 6) is 0. The Kier molecular flexibility index (Phi) is 1.92. The first kappa shape index (κ1) is 7.50. The summed E-state index contributed by atoms with van der Waals surface area (Å²) in [6.07, 6.45) is 9.05. The Hall–Kier alpha value is -0.610. The topological polar surface area (TPSA) is 54.4 Å². The van der Waals surface area contributed by atoms with E-state index in [-0.39, 0.29) is 0 Å². The molecule has 1 unspecified atom stereocenters. The van der Waals surface area contributed by atoms with Gasteiger partial charge in [0.15, 0.2) is 0 Å². The maximum absolute atomic E-state index is 10.4. The van der Waals surface area contributed by atoms with Crippen molar-refractivity contribution in [1.29, 1.82) is 0 Å². The molecule has 10 heavy (non-hydrogen) atoms. The van der Waals surface area contributed by atoms with Crippen molar-refractivity contribution >= 4 is 10.1 Å². The molecule has 3 radical (unpaired) electrons. The van der Waals surface area contributed by atoms with E-state index in [2.05, 4.69) is 12.5 Å². The van der Waals surface area contributed by atoms with E-state index in [0.717, 1.165) is 0 Å². The zero-order valence-corrected chi connectivity index (χ0v) is 5.80. The van der Waals surface area contributed by atoms with Crippen molar-refractivity contribution in [2.24, 2.45) is 0 Å². The SMILES string of the molecule is O=S(=O)(O)C1[C]C=[C]C=C1. The van der Waals surface area contributed by atoms with Crippen LogP contribution in [0.1, 0.15) is 0 Å². The summed E-state index contributed by atoms with van der Waals surface area (Å²) in [7, 11) is -4.00. The molecule has 1 aliphatic carbocycles. The third-order valence-corrected chi connectivity index (χ3v) is 1.95. The van der Waals surface area contributed by atoms with E-state index in [1.165, 1.54) is 18.2 Å². The van der Waals surface area contributed by atoms with Crippen LogP contribution in [0.25, 0.3) is 0 Å². The van der Waals surface area contributed by atoms with Crippen LogP contribution in [0.15, 0.2) is 18.2 Å². The molecule has 1 rings (SSSR count). The van der Waals surface area contributed by atoms with E-state index in [0.29, 0.717) is 0 Å². The number of rotatable bonds is 1. The first-order chi connectivity index (χ1) is 4.61. The standard InChI is InChI=1S/C6H5O3S/c7-10(8,9)6-4-2-1-3-5-6/h2-4,6H,(H,7,8,9). The predicted molar refractivity (Wildman–Crippen MR) is 35.5 cm³/mol. The van der Waals surface area contributed by atoms with Gasteiger partial charge in [-0.2, -0.15) is 8.42 Å². The molecular weight excluding hydrogens is 152 g/mol. The molecule has 4 heteroatoms. The van der Waals surface area contributed by atoms with Crippen molar-refractivity contribution in [3.05, 3.63) is 30.7 Å². The lowest BCUT2D eigenvalue weighted by Gasteiger charge is -2.06. The predicted octanol–water partition coefficient (Wildman–Crippen LogP) is 0.253. The Morgan fingerprint density at radius 2 is 2.20 bits per heavy atom. The molecule has 0 aromatic carbocycles. The molecule has 0 saturated carbocycles. The minimum Gasteiger partial charge on any atom is -0.285 e. The molecular formula is C6H5O3S. The van der Waals surface area contributed by atoms with Crippen LogP contribution < -0.4 is 0 Å². The highest BCUT2D eigenvalue weighted by molar-refractivity contribution is 7.86. The largest absolute Gasteiger partial charge is 0.285 e. The van der Waals surface area contributed by atoms with Gasteiger partial charge in [0.1, 0.15) is 5.25 Å². The summed E-state index contributed by atoms with van der Waals surface area (Å²) in [5.41, 5.74) is 0. The Labute approximate surface area is 59.8 Å². The lowest BCUT2D eigenvalue weighted by molar-refractivity contribution is 0.479. The molecule has 0 amide bonds. The molecule has 53 valence electrons. The average molecular weight is 157 g/mol. The quantitative estimate of drug-likeness (QED) is 0.555. The van der Waals surface area contributed by atoms with Crippen LogP contribution >= 0.6 is 0 Å². The van der Waals surface area contributed by atoms with Crippen molar-refractivity contribution in [2.75, 3.05) is 0 Å². The second-order valence-electron chi connectivity index (χ2n) is 1.77. The van der Waals surface area contributed by atoms with Crippen molar-refractivity contribution in [2.45, 2.75) is 5.25 Å². The minimum atomic E-state index is -4.00. The first-order valence-electron chi connectivity index (χ1n) is 2.57. The lowest BCUT2D eigenvalue weighted by atomic mass is 10.2. The fourth-order valence-electron chi connectivity index (χ4n) is 0.562. The summed E-state index contributed by atoms with van der Waals surface area (Å²) >= 11 is 0. The molecule has 0 saturated heterocycles. The van der Waals surface area contributed by atoms with Crippen LogP contribution in [0.5, 0.6) is 0 Å². The van der Waals surface area contributed by atoms with Crippen LogP contribution in [-0.2, 0) is 10.1 Å². The van der Waals surface area contributed by atoms with Gasteiger partial charge >= 0.3 is 0 Å². The molecule has 1 N–H and O–H groups in total. The smallest absolute Gasteiger partial charge is 0.272 e. The van der Waals surface area contributed by atoms with Crippen molar-refractivity contribution < 1.29 is 13.0 Å². The molecule has 0 heterocycles. The first-order valence-corrected chi connectivity index (χ1v) is 4.08. The Morgan fingerprint density at radius 1 is 1.50 bits per heavy atom. The molecule has 3 nitrogen and oxygen atoms in total. The molecule has 0 bridgehead atoms. The van der Waals surface area contributed by atoms with Gasteiger partial charge in [-0.3, -0.25) is 4.55 Å². The molecule has 0 spiro atoms. The number of hydrogen-bond acceptors (Lipinski definition) is 2. The van der Waals surface area contributed by atoms with E-state index in [1.54, 1.807) is 0 Å². The van der Waals surface area contributed by atoms with E-state index in [1.807, 2.05) is 0 Å². The fraction of sp³-hybridized carbons (Fsp3) is 0.167. The fourth-order valence-corrected chi connectivity index (χ4v) is 1.08. The molecule has 1 atom stereocenters. The van der Waals surface area contributed by atoms with E-state index in [4.69, 9.17) is 4.55 Å². The summed E-state index contributed by atoms with van der Waals surface area (Å²) in [5, 5.41) is -1.02. The van der Waals surface area contributed by atoms with Crippen molar-refractivity contribution in [3.63, 3.8) is 0 Å². The summed E-state index contributed by atoms with van der Waals surface area (Å²) in [4.78, 5) is 0. The zero-order chi connectivity index (χ0) is 7.61. The highest BCUT2D eigenvalue weighted by Crippen LogP contribution is 2.09. The van der Waals surface area contributed by atoms with Gasteiger partial charge in [0.05, 0.1) is 0 Å². The highest BCUT2D eigenvalue weighted by Gasteiger charge is 2.19. The molecule has 0 aromatic rings. The molecule has 0 aromatic heterocycles. The minimum absolute atomic E-state index is 1.02. The maximum Gasteiger partial charge on any atom is 0.272 e. The second-order valence-corrected chi connectivity index (χ2v) is 3.31. The number of hydrogen-bond donors (Lipinski definition) is 1. The second kappa shape index (κ2) is 2.56. The van der Waals surface area contributed by atoms with Crippen LogP contribution in [0.4, 0.5) is 0 Å². The van der Waals surface area contributed by atoms with Crippen LogP contribution in [0.2, 0.25) is 0 Å². The normalized spacial score (nSPS) is 25.1. The van der Waals surface area contributed by atoms with Crippen LogP contribution in [-0.4, -0.2) is 18.2 Å². The lowest BCUT2D eigenvalue weighted by Crippen LogP contribution is -2.18. The van der Waals surface area contributed by atoms with E-state index in [9.17, 15) is 8.42 Å². The van der Waals surface area contributed by atoms with Gasteiger partial charge in [0, 0.05) is 6.42 Å².